The van der Waals surface area contributed by atoms with Crippen LogP contribution in [0.2, 0.25) is 0 Å². The standard InChI is InChI=1S/C17H36N2O2/c1-6-15(7-2)19(12-13-20)16(21)9-8-14(10-11-18)17(3,4)5/h14-15,20H,6-13,18H2,1-5H3. The van der Waals surface area contributed by atoms with Crippen molar-refractivity contribution in [1.29, 1.82) is 0 Å². The van der Waals surface area contributed by atoms with Crippen molar-refractivity contribution in [1.82, 2.24) is 4.90 Å². The Morgan fingerprint density at radius 3 is 2.14 bits per heavy atom. The van der Waals surface area contributed by atoms with Gasteiger partial charge in [0, 0.05) is 19.0 Å². The molecule has 0 aromatic rings. The number of nitrogens with zero attached hydrogens (tertiary/aromatic N) is 1. The second kappa shape index (κ2) is 10.2. The van der Waals surface area contributed by atoms with E-state index in [4.69, 9.17) is 5.73 Å². The van der Waals surface area contributed by atoms with Crippen LogP contribution in [-0.4, -0.2) is 41.7 Å². The zero-order valence-electron chi connectivity index (χ0n) is 14.7. The van der Waals surface area contributed by atoms with Crippen molar-refractivity contribution in [2.75, 3.05) is 19.7 Å². The van der Waals surface area contributed by atoms with Crippen LogP contribution in [0.4, 0.5) is 0 Å². The summed E-state index contributed by atoms with van der Waals surface area (Å²) in [6, 6.07) is 0.243. The summed E-state index contributed by atoms with van der Waals surface area (Å²) in [5.41, 5.74) is 5.88. The van der Waals surface area contributed by atoms with Crippen molar-refractivity contribution < 1.29 is 9.90 Å². The third-order valence-electron chi connectivity index (χ3n) is 4.49. The van der Waals surface area contributed by atoms with Crippen molar-refractivity contribution in [3.05, 3.63) is 0 Å². The van der Waals surface area contributed by atoms with Gasteiger partial charge < -0.3 is 15.7 Å². The highest BCUT2D eigenvalue weighted by Crippen LogP contribution is 2.32. The van der Waals surface area contributed by atoms with E-state index in [1.54, 1.807) is 0 Å². The highest BCUT2D eigenvalue weighted by atomic mass is 16.3. The van der Waals surface area contributed by atoms with Crippen molar-refractivity contribution in [3.8, 4) is 0 Å². The van der Waals surface area contributed by atoms with Gasteiger partial charge in [0.25, 0.3) is 0 Å². The van der Waals surface area contributed by atoms with Gasteiger partial charge in [-0.1, -0.05) is 34.6 Å². The van der Waals surface area contributed by atoms with Gasteiger partial charge in [0.05, 0.1) is 6.61 Å². The van der Waals surface area contributed by atoms with Gasteiger partial charge in [-0.05, 0) is 43.6 Å². The van der Waals surface area contributed by atoms with Crippen LogP contribution in [0.1, 0.15) is 66.7 Å². The summed E-state index contributed by atoms with van der Waals surface area (Å²) in [6.45, 7) is 12.0. The summed E-state index contributed by atoms with van der Waals surface area (Å²) < 4.78 is 0. The minimum atomic E-state index is 0.0355. The predicted molar refractivity (Wildman–Crippen MR) is 89.0 cm³/mol. The quantitative estimate of drug-likeness (QED) is 0.652. The van der Waals surface area contributed by atoms with Crippen LogP contribution >= 0.6 is 0 Å². The van der Waals surface area contributed by atoms with Gasteiger partial charge in [-0.2, -0.15) is 0 Å². The first-order valence-electron chi connectivity index (χ1n) is 8.42. The first kappa shape index (κ1) is 20.4. The van der Waals surface area contributed by atoms with Gasteiger partial charge in [-0.3, -0.25) is 4.79 Å². The Labute approximate surface area is 131 Å². The second-order valence-electron chi connectivity index (χ2n) is 6.96. The molecule has 4 nitrogen and oxygen atoms in total. The Balaban J connectivity index is 4.67. The fourth-order valence-electron chi connectivity index (χ4n) is 3.00. The summed E-state index contributed by atoms with van der Waals surface area (Å²) in [5.74, 6) is 0.633. The summed E-state index contributed by atoms with van der Waals surface area (Å²) in [7, 11) is 0. The summed E-state index contributed by atoms with van der Waals surface area (Å²) in [6.07, 6.45) is 4.27. The molecule has 0 aromatic heterocycles. The van der Waals surface area contributed by atoms with Gasteiger partial charge in [-0.25, -0.2) is 0 Å². The Hall–Kier alpha value is -0.610. The lowest BCUT2D eigenvalue weighted by Crippen LogP contribution is -2.42. The largest absolute Gasteiger partial charge is 0.395 e. The number of aliphatic hydroxyl groups excluding tert-OH is 1. The highest BCUT2D eigenvalue weighted by Gasteiger charge is 2.26. The van der Waals surface area contributed by atoms with Crippen LogP contribution in [-0.2, 0) is 4.79 Å². The molecule has 0 aromatic carbocycles. The van der Waals surface area contributed by atoms with E-state index in [0.29, 0.717) is 25.4 Å². The molecule has 0 radical (unpaired) electrons. The zero-order chi connectivity index (χ0) is 16.5. The average molecular weight is 300 g/mol. The van der Waals surface area contributed by atoms with E-state index < -0.39 is 0 Å². The van der Waals surface area contributed by atoms with Crippen LogP contribution in [0.25, 0.3) is 0 Å². The smallest absolute Gasteiger partial charge is 0.222 e. The lowest BCUT2D eigenvalue weighted by atomic mass is 9.76. The zero-order valence-corrected chi connectivity index (χ0v) is 14.7. The number of nitrogens with two attached hydrogens (primary N) is 1. The lowest BCUT2D eigenvalue weighted by molar-refractivity contribution is -0.134. The van der Waals surface area contributed by atoms with E-state index >= 15 is 0 Å². The number of carbonyl (C=O) groups excluding carboxylic acids is 1. The molecular formula is C17H36N2O2. The molecule has 0 heterocycles. The Morgan fingerprint density at radius 1 is 1.19 bits per heavy atom. The van der Waals surface area contributed by atoms with Crippen LogP contribution in [0.3, 0.4) is 0 Å². The average Bonchev–Trinajstić information content (AvgIpc) is 2.42. The van der Waals surface area contributed by atoms with Gasteiger partial charge in [0.1, 0.15) is 0 Å². The monoisotopic (exact) mass is 300 g/mol. The Morgan fingerprint density at radius 2 is 1.76 bits per heavy atom. The fourth-order valence-corrected chi connectivity index (χ4v) is 3.00. The normalized spacial score (nSPS) is 13.5. The molecule has 1 amide bonds. The molecule has 0 spiro atoms. The van der Waals surface area contributed by atoms with E-state index in [9.17, 15) is 9.90 Å². The van der Waals surface area contributed by atoms with Crippen LogP contribution in [0, 0.1) is 11.3 Å². The van der Waals surface area contributed by atoms with E-state index in [2.05, 4.69) is 34.6 Å². The molecule has 126 valence electrons. The highest BCUT2D eigenvalue weighted by molar-refractivity contribution is 5.76. The molecule has 0 saturated heterocycles. The maximum atomic E-state index is 12.5. The lowest BCUT2D eigenvalue weighted by Gasteiger charge is -2.33. The maximum absolute atomic E-state index is 12.5. The number of amides is 1. The van der Waals surface area contributed by atoms with Gasteiger partial charge in [0.15, 0.2) is 0 Å². The molecule has 21 heavy (non-hydrogen) atoms. The van der Waals surface area contributed by atoms with E-state index in [-0.39, 0.29) is 24.0 Å². The van der Waals surface area contributed by atoms with Gasteiger partial charge in [0.2, 0.25) is 5.91 Å². The molecule has 0 aliphatic rings. The number of hydrogen-bond acceptors (Lipinski definition) is 3. The first-order chi connectivity index (χ1) is 9.81. The maximum Gasteiger partial charge on any atom is 0.222 e. The number of rotatable bonds is 10. The molecule has 1 atom stereocenters. The Bertz CT molecular complexity index is 283. The molecule has 1 unspecified atom stereocenters. The minimum absolute atomic E-state index is 0.0355. The predicted octanol–water partition coefficient (Wildman–Crippen LogP) is 2.79. The van der Waals surface area contributed by atoms with Gasteiger partial charge >= 0.3 is 0 Å². The van der Waals surface area contributed by atoms with Crippen molar-refractivity contribution >= 4 is 5.91 Å². The van der Waals surface area contributed by atoms with Crippen LogP contribution in [0.15, 0.2) is 0 Å². The summed E-state index contributed by atoms with van der Waals surface area (Å²) >= 11 is 0. The third-order valence-corrected chi connectivity index (χ3v) is 4.49. The van der Waals surface area contributed by atoms with Gasteiger partial charge in [-0.15, -0.1) is 0 Å². The van der Waals surface area contributed by atoms with E-state index in [0.717, 1.165) is 25.7 Å². The SMILES string of the molecule is CCC(CC)N(CCO)C(=O)CCC(CCN)C(C)(C)C. The molecule has 0 aliphatic heterocycles. The minimum Gasteiger partial charge on any atom is -0.395 e. The molecular weight excluding hydrogens is 264 g/mol. The summed E-state index contributed by atoms with van der Waals surface area (Å²) in [5, 5.41) is 9.21. The van der Waals surface area contributed by atoms with Crippen LogP contribution < -0.4 is 5.73 Å². The summed E-state index contributed by atoms with van der Waals surface area (Å²) in [4.78, 5) is 14.4. The molecule has 4 heteroatoms. The Kier molecular flexibility index (Phi) is 9.88. The molecule has 0 saturated carbocycles. The van der Waals surface area contributed by atoms with E-state index in [1.807, 2.05) is 4.90 Å². The number of hydrogen-bond donors (Lipinski definition) is 2. The van der Waals surface area contributed by atoms with Crippen molar-refractivity contribution in [3.63, 3.8) is 0 Å². The van der Waals surface area contributed by atoms with Crippen LogP contribution in [0.5, 0.6) is 0 Å². The first-order valence-corrected chi connectivity index (χ1v) is 8.42. The fraction of sp³-hybridized carbons (Fsp3) is 0.941. The third kappa shape index (κ3) is 7.28. The van der Waals surface area contributed by atoms with E-state index in [1.165, 1.54) is 0 Å². The second-order valence-corrected chi connectivity index (χ2v) is 6.96. The molecule has 3 N–H and O–H groups in total. The molecule has 0 aliphatic carbocycles. The number of aliphatic hydroxyl groups is 1. The molecule has 0 rings (SSSR count). The van der Waals surface area contributed by atoms with Crippen molar-refractivity contribution in [2.45, 2.75) is 72.8 Å². The molecule has 0 bridgehead atoms. The van der Waals surface area contributed by atoms with Crippen molar-refractivity contribution in [2.24, 2.45) is 17.1 Å². The topological polar surface area (TPSA) is 66.6 Å². The number of carbonyl (C=O) groups is 1. The molecule has 0 fully saturated rings.